The van der Waals surface area contributed by atoms with Gasteiger partial charge in [0.2, 0.25) is 0 Å². The standard InChI is InChI=1S/C88H90N4O.Pt/c1-82(2,3)57-36-39-89-79(48-57)92-76-33-23-22-30-68(76)69-35-34-64(50-77(69)92)93-63-27-24-26-62(49-63)90-53-91-80-65(56-42-60(85(10,11)12)47-61(43-56)86(13,14)15)31-25-32-70(80)72-52-75-74(87(16,17)37-38-88(75,18)19)51-71(72)66-28-20-21-29-67(66)73-44-55(45-78(90)81(73)91)54-40-58(83(4,5)6)46-59(41-54)84(7,8)9;/h20-36,39-48,51-52H,37-38H2,1-19H3;/q-2;. The summed E-state index contributed by atoms with van der Waals surface area (Å²) in [5.41, 5.74) is 26.4. The fourth-order valence-corrected chi connectivity index (χ4v) is 14.4. The molecule has 3 aromatic heterocycles. The third-order valence-corrected chi connectivity index (χ3v) is 20.4. The molecule has 1 aliphatic heterocycles. The second-order valence-electron chi connectivity index (χ2n) is 33.3. The molecule has 1 aliphatic carbocycles. The summed E-state index contributed by atoms with van der Waals surface area (Å²) in [7, 11) is 0. The van der Waals surface area contributed by atoms with Crippen molar-refractivity contribution in [1.29, 1.82) is 0 Å². The first-order valence-electron chi connectivity index (χ1n) is 33.6. The maximum absolute atomic E-state index is 7.03. The minimum atomic E-state index is -0.113. The molecule has 12 aromatic rings. The molecular formula is C88H90N4OPt-2. The molecule has 5 nitrogen and oxygen atoms in total. The first kappa shape index (κ1) is 64.6. The van der Waals surface area contributed by atoms with Gasteiger partial charge in [-0.1, -0.05) is 246 Å². The molecule has 0 fully saturated rings. The molecule has 4 heterocycles. The van der Waals surface area contributed by atoms with Crippen LogP contribution in [0.3, 0.4) is 0 Å². The average molecular weight is 1410 g/mol. The van der Waals surface area contributed by atoms with E-state index in [2.05, 4.69) is 321 Å². The average Bonchev–Trinajstić information content (AvgIpc) is 1.46. The van der Waals surface area contributed by atoms with E-state index in [1.807, 2.05) is 18.3 Å². The van der Waals surface area contributed by atoms with Gasteiger partial charge < -0.3 is 13.9 Å². The Balaban J connectivity index is 0.00000803. The van der Waals surface area contributed by atoms with Crippen LogP contribution >= 0.6 is 0 Å². The Morgan fingerprint density at radius 3 is 1.54 bits per heavy atom. The van der Waals surface area contributed by atoms with Gasteiger partial charge in [0.25, 0.3) is 6.33 Å². The smallest absolute Gasteiger partial charge is 0.268 e. The van der Waals surface area contributed by atoms with Crippen LogP contribution in [-0.4, -0.2) is 14.1 Å². The Labute approximate surface area is 573 Å². The summed E-state index contributed by atoms with van der Waals surface area (Å²) >= 11 is 0. The van der Waals surface area contributed by atoms with Crippen LogP contribution in [0.2, 0.25) is 0 Å². The largest absolute Gasteiger partial charge is 0.510 e. The van der Waals surface area contributed by atoms with E-state index in [1.165, 1.54) is 72.3 Å². The Kier molecular flexibility index (Phi) is 15.5. The number of benzene rings is 9. The van der Waals surface area contributed by atoms with Crippen molar-refractivity contribution < 1.29 is 30.4 Å². The van der Waals surface area contributed by atoms with E-state index >= 15 is 0 Å². The monoisotopic (exact) mass is 1410 g/mol. The molecule has 0 saturated carbocycles. The number of para-hydroxylation sites is 2. The number of imidazole rings is 1. The molecule has 2 aliphatic rings. The summed E-state index contributed by atoms with van der Waals surface area (Å²) in [5.74, 6) is 1.99. The Morgan fingerprint density at radius 2 is 0.936 bits per heavy atom. The Bertz CT molecular complexity index is 4960. The molecule has 0 spiro atoms. The maximum Gasteiger partial charge on any atom is 0.268 e. The van der Waals surface area contributed by atoms with Crippen molar-refractivity contribution in [2.24, 2.45) is 0 Å². The normalized spacial score (nSPS) is 14.5. The molecule has 0 bridgehead atoms. The van der Waals surface area contributed by atoms with Gasteiger partial charge in [0.05, 0.1) is 16.7 Å². The van der Waals surface area contributed by atoms with Crippen LogP contribution in [0.25, 0.3) is 106 Å². The third-order valence-electron chi connectivity index (χ3n) is 20.4. The van der Waals surface area contributed by atoms with Crippen LogP contribution in [0.4, 0.5) is 0 Å². The number of fused-ring (bicyclic) bond motifs is 11. The number of pyridine rings is 1. The molecule has 480 valence electrons. The van der Waals surface area contributed by atoms with Crippen LogP contribution in [0.1, 0.15) is 183 Å². The van der Waals surface area contributed by atoms with Gasteiger partial charge >= 0.3 is 0 Å². The minimum Gasteiger partial charge on any atom is -0.510 e. The summed E-state index contributed by atoms with van der Waals surface area (Å²) in [6, 6.07) is 71.9. The van der Waals surface area contributed by atoms with Crippen molar-refractivity contribution in [2.75, 3.05) is 0 Å². The zero-order valence-electron chi connectivity index (χ0n) is 58.7. The van der Waals surface area contributed by atoms with E-state index in [4.69, 9.17) is 9.72 Å². The topological polar surface area (TPSA) is 35.9 Å². The molecule has 14 rings (SSSR count). The second kappa shape index (κ2) is 22.5. The number of nitrogens with zero attached hydrogens (tertiary/aromatic N) is 4. The zero-order valence-corrected chi connectivity index (χ0v) is 60.9. The fraction of sp³-hybridized carbons (Fsp3) is 0.318. The second-order valence-corrected chi connectivity index (χ2v) is 33.3. The van der Waals surface area contributed by atoms with Gasteiger partial charge in [0, 0.05) is 44.3 Å². The third kappa shape index (κ3) is 11.3. The van der Waals surface area contributed by atoms with Gasteiger partial charge in [-0.3, -0.25) is 4.57 Å². The predicted molar refractivity (Wildman–Crippen MR) is 389 cm³/mol. The van der Waals surface area contributed by atoms with Crippen LogP contribution < -0.4 is 9.30 Å². The maximum atomic E-state index is 7.03. The summed E-state index contributed by atoms with van der Waals surface area (Å²) in [4.78, 5) is 4.97. The van der Waals surface area contributed by atoms with E-state index in [0.717, 1.165) is 85.1 Å². The number of hydrogen-bond acceptors (Lipinski definition) is 2. The first-order valence-corrected chi connectivity index (χ1v) is 33.6. The van der Waals surface area contributed by atoms with Crippen LogP contribution in [0.5, 0.6) is 11.5 Å². The van der Waals surface area contributed by atoms with Crippen molar-refractivity contribution in [3.63, 3.8) is 0 Å². The number of aromatic nitrogens is 4. The number of ether oxygens (including phenoxy) is 1. The summed E-state index contributed by atoms with van der Waals surface area (Å²) in [5, 5.41) is 2.21. The number of hydrogen-bond donors (Lipinski definition) is 0. The van der Waals surface area contributed by atoms with E-state index < -0.39 is 0 Å². The minimum absolute atomic E-state index is 0. The molecule has 0 saturated heterocycles. The van der Waals surface area contributed by atoms with Gasteiger partial charge in [0.1, 0.15) is 5.82 Å². The van der Waals surface area contributed by atoms with E-state index in [0.29, 0.717) is 11.5 Å². The molecule has 0 atom stereocenters. The Hall–Kier alpha value is -8.11. The van der Waals surface area contributed by atoms with Gasteiger partial charge in [-0.25, -0.2) is 4.98 Å². The van der Waals surface area contributed by atoms with Crippen molar-refractivity contribution in [3.8, 4) is 84.3 Å². The van der Waals surface area contributed by atoms with Gasteiger partial charge in [-0.2, -0.15) is 18.2 Å². The predicted octanol–water partition coefficient (Wildman–Crippen LogP) is 23.1. The molecule has 9 aromatic carbocycles. The zero-order chi connectivity index (χ0) is 65.9. The summed E-state index contributed by atoms with van der Waals surface area (Å²) in [6.45, 7) is 44.6. The van der Waals surface area contributed by atoms with Gasteiger partial charge in [-0.15, -0.1) is 29.7 Å². The van der Waals surface area contributed by atoms with Gasteiger partial charge in [0.15, 0.2) is 0 Å². The molecule has 0 unspecified atom stereocenters. The molecule has 6 heteroatoms. The van der Waals surface area contributed by atoms with Crippen molar-refractivity contribution >= 4 is 32.8 Å². The van der Waals surface area contributed by atoms with Crippen molar-refractivity contribution in [1.82, 2.24) is 14.1 Å². The van der Waals surface area contributed by atoms with E-state index in [1.54, 1.807) is 0 Å². The SMILES string of the molecule is CC(C)(C)c1cc(-c2cc3c4c(c2)n(-c2[c-]c(Oc5[c-]c6c(cc5)c5ccccc5n6-c5cc(C(C)(C)C)ccn5)ccc2)[c-][n+]4-c2c(-c4cc(C(C)(C)C)cc(C(C)(C)C)c4)cccc2-c2cc4c(cc2-c2ccccc2-3)C(C)(C)CCC4(C)C)cc(C(C)(C)C)c1.[Pt]. The molecule has 0 N–H and O–H groups in total. The Morgan fingerprint density at radius 1 is 0.426 bits per heavy atom. The molecule has 94 heavy (non-hydrogen) atoms. The molecule has 0 amide bonds. The van der Waals surface area contributed by atoms with Gasteiger partial charge in [-0.05, 0) is 187 Å². The number of rotatable bonds is 6. The quantitative estimate of drug-likeness (QED) is 0.123. The summed E-state index contributed by atoms with van der Waals surface area (Å²) in [6.07, 6.45) is 8.35. The van der Waals surface area contributed by atoms with E-state index in [9.17, 15) is 0 Å². The van der Waals surface area contributed by atoms with Crippen LogP contribution in [-0.2, 0) is 59.0 Å². The van der Waals surface area contributed by atoms with Crippen molar-refractivity contribution in [3.05, 3.63) is 233 Å². The van der Waals surface area contributed by atoms with Crippen LogP contribution in [0.15, 0.2) is 176 Å². The van der Waals surface area contributed by atoms with E-state index in [-0.39, 0.29) is 59.0 Å². The summed E-state index contributed by atoms with van der Waals surface area (Å²) < 4.78 is 13.9. The molecular weight excluding hydrogens is 1320 g/mol. The fourth-order valence-electron chi connectivity index (χ4n) is 14.4. The van der Waals surface area contributed by atoms with Crippen LogP contribution in [0, 0.1) is 18.5 Å². The van der Waals surface area contributed by atoms with Crippen molar-refractivity contribution in [2.45, 2.75) is 182 Å². The first-order chi connectivity index (χ1) is 43.7. The molecule has 0 radical (unpaired) electrons.